The van der Waals surface area contributed by atoms with Gasteiger partial charge in [-0.15, -0.1) is 0 Å². The molecule has 1 saturated carbocycles. The molecule has 1 atom stereocenters. The van der Waals surface area contributed by atoms with Gasteiger partial charge in [0, 0.05) is 9.45 Å². The molecule has 1 fully saturated rings. The summed E-state index contributed by atoms with van der Waals surface area (Å²) in [6.07, 6.45) is 8.41. The molecule has 1 aliphatic rings. The normalized spacial score (nSPS) is 19.1. The summed E-state index contributed by atoms with van der Waals surface area (Å²) < 4.78 is 7.14. The third-order valence-corrected chi connectivity index (χ3v) is 4.90. The molecule has 0 aliphatic heterocycles. The lowest BCUT2D eigenvalue weighted by Gasteiger charge is -2.20. The van der Waals surface area contributed by atoms with E-state index < -0.39 is 0 Å². The second-order valence-corrected chi connectivity index (χ2v) is 6.71. The van der Waals surface area contributed by atoms with E-state index in [9.17, 15) is 0 Å². The van der Waals surface area contributed by atoms with Crippen LogP contribution in [0.15, 0.2) is 24.3 Å². The molecule has 0 spiro atoms. The second kappa shape index (κ2) is 8.48. The van der Waals surface area contributed by atoms with Crippen LogP contribution in [0.4, 0.5) is 0 Å². The summed E-state index contributed by atoms with van der Waals surface area (Å²) in [5, 5.41) is 0.797. The van der Waals surface area contributed by atoms with Crippen LogP contribution in [-0.4, -0.2) is 11.0 Å². The van der Waals surface area contributed by atoms with Crippen molar-refractivity contribution in [1.29, 1.82) is 0 Å². The lowest BCUT2D eigenvalue weighted by molar-refractivity contribution is 0.0402. The van der Waals surface area contributed by atoms with Gasteiger partial charge in [-0.3, -0.25) is 0 Å². The Labute approximate surface area is 135 Å². The summed E-state index contributed by atoms with van der Waals surface area (Å²) in [5.41, 5.74) is 1.20. The van der Waals surface area contributed by atoms with Gasteiger partial charge in [-0.2, -0.15) is 0 Å². The van der Waals surface area contributed by atoms with Crippen molar-refractivity contribution in [2.45, 2.75) is 44.6 Å². The van der Waals surface area contributed by atoms with Crippen molar-refractivity contribution < 1.29 is 4.74 Å². The summed E-state index contributed by atoms with van der Waals surface area (Å²) in [6, 6.07) is 8.06. The lowest BCUT2D eigenvalue weighted by atomic mass is 10.0. The molecule has 0 aromatic heterocycles. The molecule has 3 heteroatoms. The average molecular weight is 393 g/mol. The Kier molecular flexibility index (Phi) is 6.96. The molecule has 0 bridgehead atoms. The highest BCUT2D eigenvalue weighted by atomic mass is 127. The molecule has 1 nitrogen and oxygen atoms in total. The second-order valence-electron chi connectivity index (χ2n) is 5.39. The van der Waals surface area contributed by atoms with E-state index in [1.807, 2.05) is 18.2 Å². The van der Waals surface area contributed by atoms with Gasteiger partial charge in [-0.1, -0.05) is 72.0 Å². The lowest BCUT2D eigenvalue weighted by Crippen LogP contribution is -2.14. The molecular weight excluding hydrogens is 371 g/mol. The van der Waals surface area contributed by atoms with Crippen molar-refractivity contribution in [2.75, 3.05) is 11.0 Å². The Morgan fingerprint density at radius 2 is 1.95 bits per heavy atom. The summed E-state index contributed by atoms with van der Waals surface area (Å²) in [4.78, 5) is 0. The van der Waals surface area contributed by atoms with Crippen LogP contribution in [0.3, 0.4) is 0 Å². The molecule has 1 unspecified atom stereocenters. The molecule has 0 saturated heterocycles. The van der Waals surface area contributed by atoms with E-state index in [-0.39, 0.29) is 6.10 Å². The number of hydrogen-bond donors (Lipinski definition) is 0. The molecule has 1 aromatic rings. The maximum Gasteiger partial charge on any atom is 0.0914 e. The molecular formula is C16H22ClIO. The molecule has 0 radical (unpaired) electrons. The molecule has 0 N–H and O–H groups in total. The fourth-order valence-corrected chi connectivity index (χ4v) is 3.68. The topological polar surface area (TPSA) is 9.23 Å². The zero-order chi connectivity index (χ0) is 13.5. The van der Waals surface area contributed by atoms with E-state index in [1.165, 1.54) is 44.1 Å². The Balaban J connectivity index is 1.88. The van der Waals surface area contributed by atoms with Crippen LogP contribution in [-0.2, 0) is 4.74 Å². The summed E-state index contributed by atoms with van der Waals surface area (Å²) >= 11 is 8.46. The van der Waals surface area contributed by atoms with E-state index in [0.29, 0.717) is 0 Å². The summed E-state index contributed by atoms with van der Waals surface area (Å²) in [5.74, 6) is 0.757. The maximum atomic E-state index is 6.16. The van der Waals surface area contributed by atoms with Gasteiger partial charge in [0.05, 0.1) is 12.7 Å². The van der Waals surface area contributed by atoms with Gasteiger partial charge < -0.3 is 4.74 Å². The van der Waals surface area contributed by atoms with Crippen molar-refractivity contribution >= 4 is 34.2 Å². The Morgan fingerprint density at radius 3 is 2.58 bits per heavy atom. The van der Waals surface area contributed by atoms with Gasteiger partial charge in [-0.25, -0.2) is 0 Å². The van der Waals surface area contributed by atoms with Crippen LogP contribution in [0.1, 0.15) is 50.2 Å². The third kappa shape index (κ3) is 5.24. The van der Waals surface area contributed by atoms with Crippen molar-refractivity contribution in [1.82, 2.24) is 0 Å². The Bertz CT molecular complexity index is 375. The van der Waals surface area contributed by atoms with Crippen LogP contribution in [0, 0.1) is 5.92 Å². The molecule has 2 rings (SSSR count). The summed E-state index contributed by atoms with van der Waals surface area (Å²) in [7, 11) is 0. The van der Waals surface area contributed by atoms with Gasteiger partial charge in [0.1, 0.15) is 0 Å². The highest BCUT2D eigenvalue weighted by molar-refractivity contribution is 14.1. The quantitative estimate of drug-likeness (QED) is 0.349. The molecule has 0 heterocycles. The minimum absolute atomic E-state index is 0.183. The number of hydrogen-bond acceptors (Lipinski definition) is 1. The van der Waals surface area contributed by atoms with Gasteiger partial charge >= 0.3 is 0 Å². The van der Waals surface area contributed by atoms with Crippen LogP contribution in [0.2, 0.25) is 5.02 Å². The van der Waals surface area contributed by atoms with Crippen molar-refractivity contribution in [3.63, 3.8) is 0 Å². The molecule has 1 aromatic carbocycles. The highest BCUT2D eigenvalue weighted by Crippen LogP contribution is 2.27. The first-order chi connectivity index (χ1) is 9.29. The number of halogens is 2. The van der Waals surface area contributed by atoms with Crippen molar-refractivity contribution in [2.24, 2.45) is 5.92 Å². The van der Waals surface area contributed by atoms with E-state index in [2.05, 4.69) is 28.7 Å². The van der Waals surface area contributed by atoms with Gasteiger partial charge in [0.25, 0.3) is 0 Å². The van der Waals surface area contributed by atoms with E-state index in [0.717, 1.165) is 22.0 Å². The summed E-state index contributed by atoms with van der Waals surface area (Å²) in [6.45, 7) is 0.903. The number of alkyl halides is 1. The van der Waals surface area contributed by atoms with Crippen molar-refractivity contribution in [3.05, 3.63) is 34.9 Å². The average Bonchev–Trinajstić information content (AvgIpc) is 2.68. The van der Waals surface area contributed by atoms with Crippen LogP contribution >= 0.6 is 34.2 Å². The van der Waals surface area contributed by atoms with Crippen LogP contribution in [0.5, 0.6) is 0 Å². The van der Waals surface area contributed by atoms with Crippen molar-refractivity contribution in [3.8, 4) is 0 Å². The van der Waals surface area contributed by atoms with Crippen LogP contribution < -0.4 is 0 Å². The number of ether oxygens (including phenoxy) is 1. The largest absolute Gasteiger partial charge is 0.372 e. The van der Waals surface area contributed by atoms with Gasteiger partial charge in [0.15, 0.2) is 0 Å². The predicted octanol–water partition coefficient (Wildman–Crippen LogP) is 5.80. The Hall–Kier alpha value is 0.200. The first-order valence-corrected chi connectivity index (χ1v) is 9.13. The van der Waals surface area contributed by atoms with Gasteiger partial charge in [-0.05, 0) is 36.5 Å². The first kappa shape index (κ1) is 15.6. The smallest absolute Gasteiger partial charge is 0.0914 e. The van der Waals surface area contributed by atoms with Gasteiger partial charge in [0.2, 0.25) is 0 Å². The minimum atomic E-state index is 0.183. The zero-order valence-electron chi connectivity index (χ0n) is 11.3. The predicted molar refractivity (Wildman–Crippen MR) is 90.2 cm³/mol. The van der Waals surface area contributed by atoms with E-state index >= 15 is 0 Å². The molecule has 19 heavy (non-hydrogen) atoms. The third-order valence-electron chi connectivity index (χ3n) is 3.87. The molecule has 106 valence electrons. The highest BCUT2D eigenvalue weighted by Gasteiger charge is 2.16. The first-order valence-electron chi connectivity index (χ1n) is 7.22. The Morgan fingerprint density at radius 1 is 1.21 bits per heavy atom. The fraction of sp³-hybridized carbons (Fsp3) is 0.625. The zero-order valence-corrected chi connectivity index (χ0v) is 14.2. The SMILES string of the molecule is Clc1cccc(C(CI)OCC2CCCCCC2)c1. The van der Waals surface area contributed by atoms with E-state index in [1.54, 1.807) is 0 Å². The minimum Gasteiger partial charge on any atom is -0.372 e. The number of benzene rings is 1. The molecule has 1 aliphatic carbocycles. The molecule has 0 amide bonds. The fourth-order valence-electron chi connectivity index (χ4n) is 2.72. The maximum absolute atomic E-state index is 6.16. The standard InChI is InChI=1S/C16H22ClIO/c17-15-9-5-8-14(10-15)16(11-18)19-12-13-6-3-1-2-4-7-13/h5,8-10,13,16H,1-4,6-7,11-12H2. The number of rotatable bonds is 5. The van der Waals surface area contributed by atoms with Crippen LogP contribution in [0.25, 0.3) is 0 Å². The van der Waals surface area contributed by atoms with E-state index in [4.69, 9.17) is 16.3 Å². The monoisotopic (exact) mass is 392 g/mol.